The Morgan fingerprint density at radius 2 is 2.00 bits per heavy atom. The highest BCUT2D eigenvalue weighted by atomic mass is 32.2. The summed E-state index contributed by atoms with van der Waals surface area (Å²) in [6.45, 7) is 4.70. The summed E-state index contributed by atoms with van der Waals surface area (Å²) in [4.78, 5) is 8.96. The maximum absolute atomic E-state index is 6.04. The van der Waals surface area contributed by atoms with Crippen LogP contribution in [0.4, 0.5) is 0 Å². The molecule has 2 rings (SSSR count). The van der Waals surface area contributed by atoms with E-state index >= 15 is 0 Å². The van der Waals surface area contributed by atoms with E-state index in [1.807, 2.05) is 17.8 Å². The molecule has 1 aromatic carbocycles. The van der Waals surface area contributed by atoms with Gasteiger partial charge < -0.3 is 15.5 Å². The molecular weight excluding hydrogens is 268 g/mol. The van der Waals surface area contributed by atoms with Gasteiger partial charge in [0, 0.05) is 37.7 Å². The SMILES string of the molecule is CN(CCN=C(N)N1CCSCC1)Cc1ccccc1. The number of nitrogens with two attached hydrogens (primary N) is 1. The summed E-state index contributed by atoms with van der Waals surface area (Å²) in [5.41, 5.74) is 7.37. The van der Waals surface area contributed by atoms with Gasteiger partial charge in [-0.15, -0.1) is 0 Å². The fourth-order valence-corrected chi connectivity index (χ4v) is 3.10. The van der Waals surface area contributed by atoms with Crippen molar-refractivity contribution in [3.05, 3.63) is 35.9 Å². The second-order valence-corrected chi connectivity index (χ2v) is 6.29. The largest absolute Gasteiger partial charge is 0.370 e. The molecule has 5 heteroatoms. The van der Waals surface area contributed by atoms with Crippen LogP contribution in [0.3, 0.4) is 0 Å². The Kier molecular flexibility index (Phi) is 6.21. The predicted molar refractivity (Wildman–Crippen MR) is 88.2 cm³/mol. The van der Waals surface area contributed by atoms with Gasteiger partial charge in [0.25, 0.3) is 0 Å². The number of thioether (sulfide) groups is 1. The molecule has 2 N–H and O–H groups in total. The van der Waals surface area contributed by atoms with E-state index in [2.05, 4.69) is 46.1 Å². The molecule has 1 aromatic rings. The minimum absolute atomic E-state index is 0.707. The van der Waals surface area contributed by atoms with Crippen LogP contribution in [-0.4, -0.2) is 60.5 Å². The lowest BCUT2D eigenvalue weighted by Gasteiger charge is -2.27. The number of hydrogen-bond acceptors (Lipinski definition) is 3. The molecule has 1 heterocycles. The Hall–Kier alpha value is -1.20. The molecule has 0 radical (unpaired) electrons. The van der Waals surface area contributed by atoms with Crippen LogP contribution in [0.2, 0.25) is 0 Å². The van der Waals surface area contributed by atoms with Crippen LogP contribution >= 0.6 is 11.8 Å². The van der Waals surface area contributed by atoms with Crippen LogP contribution < -0.4 is 5.73 Å². The minimum Gasteiger partial charge on any atom is -0.370 e. The highest BCUT2D eigenvalue weighted by molar-refractivity contribution is 7.99. The fraction of sp³-hybridized carbons (Fsp3) is 0.533. The number of rotatable bonds is 5. The van der Waals surface area contributed by atoms with E-state index in [9.17, 15) is 0 Å². The molecule has 0 amide bonds. The van der Waals surface area contributed by atoms with E-state index in [0.717, 1.165) is 44.2 Å². The molecule has 110 valence electrons. The zero-order valence-electron chi connectivity index (χ0n) is 12.2. The van der Waals surface area contributed by atoms with Gasteiger partial charge >= 0.3 is 0 Å². The van der Waals surface area contributed by atoms with Crippen LogP contribution in [0.25, 0.3) is 0 Å². The third-order valence-electron chi connectivity index (χ3n) is 3.39. The first-order chi connectivity index (χ1) is 9.75. The summed E-state index contributed by atoms with van der Waals surface area (Å²) in [5, 5.41) is 0. The summed E-state index contributed by atoms with van der Waals surface area (Å²) < 4.78 is 0. The Bertz CT molecular complexity index is 415. The molecule has 20 heavy (non-hydrogen) atoms. The maximum atomic E-state index is 6.04. The summed E-state index contributed by atoms with van der Waals surface area (Å²) in [6, 6.07) is 10.5. The highest BCUT2D eigenvalue weighted by Crippen LogP contribution is 2.08. The van der Waals surface area contributed by atoms with Crippen molar-refractivity contribution in [2.24, 2.45) is 10.7 Å². The second kappa shape index (κ2) is 8.17. The Labute approximate surface area is 126 Å². The Morgan fingerprint density at radius 3 is 2.70 bits per heavy atom. The minimum atomic E-state index is 0.707. The van der Waals surface area contributed by atoms with E-state index in [1.54, 1.807) is 0 Å². The van der Waals surface area contributed by atoms with Gasteiger partial charge in [0.1, 0.15) is 0 Å². The number of hydrogen-bond donors (Lipinski definition) is 1. The van der Waals surface area contributed by atoms with Gasteiger partial charge in [-0.3, -0.25) is 4.99 Å². The molecule has 4 nitrogen and oxygen atoms in total. The maximum Gasteiger partial charge on any atom is 0.191 e. The average molecular weight is 292 g/mol. The molecule has 1 saturated heterocycles. The topological polar surface area (TPSA) is 44.9 Å². The van der Waals surface area contributed by atoms with Crippen LogP contribution in [0.5, 0.6) is 0 Å². The molecule has 0 aliphatic carbocycles. The van der Waals surface area contributed by atoms with E-state index in [0.29, 0.717) is 5.96 Å². The molecule has 0 saturated carbocycles. The van der Waals surface area contributed by atoms with Crippen LogP contribution in [0.1, 0.15) is 5.56 Å². The second-order valence-electron chi connectivity index (χ2n) is 5.06. The molecule has 0 spiro atoms. The summed E-state index contributed by atoms with van der Waals surface area (Å²) in [7, 11) is 2.12. The molecule has 0 bridgehead atoms. The molecule has 1 fully saturated rings. The first-order valence-electron chi connectivity index (χ1n) is 7.11. The van der Waals surface area contributed by atoms with Crippen LogP contribution in [-0.2, 0) is 6.54 Å². The third kappa shape index (κ3) is 5.06. The van der Waals surface area contributed by atoms with Crippen LogP contribution in [0.15, 0.2) is 35.3 Å². The van der Waals surface area contributed by atoms with E-state index < -0.39 is 0 Å². The van der Waals surface area contributed by atoms with Gasteiger partial charge in [0.15, 0.2) is 5.96 Å². The van der Waals surface area contributed by atoms with Crippen molar-refractivity contribution in [1.29, 1.82) is 0 Å². The zero-order valence-corrected chi connectivity index (χ0v) is 13.0. The number of benzene rings is 1. The number of nitrogens with zero attached hydrogens (tertiary/aromatic N) is 3. The van der Waals surface area contributed by atoms with Gasteiger partial charge in [-0.1, -0.05) is 30.3 Å². The number of guanidine groups is 1. The smallest absolute Gasteiger partial charge is 0.191 e. The van der Waals surface area contributed by atoms with Crippen molar-refractivity contribution in [1.82, 2.24) is 9.80 Å². The van der Waals surface area contributed by atoms with Gasteiger partial charge in [-0.25, -0.2) is 0 Å². The molecular formula is C15H24N4S. The summed E-state index contributed by atoms with van der Waals surface area (Å²) in [6.07, 6.45) is 0. The Balaban J connectivity index is 1.71. The standard InChI is InChI=1S/C15H24N4S/c1-18(13-14-5-3-2-4-6-14)8-7-17-15(16)19-9-11-20-12-10-19/h2-6H,7-13H2,1H3,(H2,16,17). The monoisotopic (exact) mass is 292 g/mol. The first kappa shape index (κ1) is 15.2. The van der Waals surface area contributed by atoms with E-state index in [1.165, 1.54) is 5.56 Å². The number of likely N-dealkylation sites (N-methyl/N-ethyl adjacent to an activating group) is 1. The number of aliphatic imine (C=N–C) groups is 1. The fourth-order valence-electron chi connectivity index (χ4n) is 2.20. The lowest BCUT2D eigenvalue weighted by atomic mass is 10.2. The van der Waals surface area contributed by atoms with Crippen molar-refractivity contribution >= 4 is 17.7 Å². The molecule has 1 aliphatic heterocycles. The molecule has 0 aromatic heterocycles. The molecule has 0 unspecified atom stereocenters. The first-order valence-corrected chi connectivity index (χ1v) is 8.26. The third-order valence-corrected chi connectivity index (χ3v) is 4.33. The normalized spacial score (nSPS) is 16.7. The molecule has 0 atom stereocenters. The van der Waals surface area contributed by atoms with Gasteiger partial charge in [-0.2, -0.15) is 11.8 Å². The predicted octanol–water partition coefficient (Wildman–Crippen LogP) is 1.48. The summed E-state index contributed by atoms with van der Waals surface area (Å²) in [5.74, 6) is 3.02. The van der Waals surface area contributed by atoms with Crippen molar-refractivity contribution in [2.75, 3.05) is 44.7 Å². The van der Waals surface area contributed by atoms with E-state index in [4.69, 9.17) is 5.73 Å². The highest BCUT2D eigenvalue weighted by Gasteiger charge is 2.11. The summed E-state index contributed by atoms with van der Waals surface area (Å²) >= 11 is 1.99. The van der Waals surface area contributed by atoms with Gasteiger partial charge in [0.05, 0.1) is 6.54 Å². The lowest BCUT2D eigenvalue weighted by molar-refractivity contribution is 0.335. The van der Waals surface area contributed by atoms with Gasteiger partial charge in [-0.05, 0) is 12.6 Å². The van der Waals surface area contributed by atoms with Crippen molar-refractivity contribution in [3.63, 3.8) is 0 Å². The van der Waals surface area contributed by atoms with E-state index in [-0.39, 0.29) is 0 Å². The average Bonchev–Trinajstić information content (AvgIpc) is 2.49. The zero-order chi connectivity index (χ0) is 14.2. The Morgan fingerprint density at radius 1 is 1.30 bits per heavy atom. The quantitative estimate of drug-likeness (QED) is 0.659. The molecule has 1 aliphatic rings. The van der Waals surface area contributed by atoms with Crippen molar-refractivity contribution in [2.45, 2.75) is 6.54 Å². The van der Waals surface area contributed by atoms with Crippen molar-refractivity contribution < 1.29 is 0 Å². The van der Waals surface area contributed by atoms with Gasteiger partial charge in [0.2, 0.25) is 0 Å². The van der Waals surface area contributed by atoms with Crippen molar-refractivity contribution in [3.8, 4) is 0 Å². The van der Waals surface area contributed by atoms with Crippen LogP contribution in [0, 0.1) is 0 Å². The lowest BCUT2D eigenvalue weighted by Crippen LogP contribution is -2.43.